The molecule has 4 nitrogen and oxygen atoms in total. The summed E-state index contributed by atoms with van der Waals surface area (Å²) in [7, 11) is 0. The highest BCUT2D eigenvalue weighted by atomic mass is 14.9. The third-order valence-electron chi connectivity index (χ3n) is 3.02. The molecule has 3 rings (SSSR count). The molecular formula is C14H12N4. The quantitative estimate of drug-likeness (QED) is 0.718. The third kappa shape index (κ3) is 1.57. The number of nitriles is 1. The Bertz CT molecular complexity index is 743. The van der Waals surface area contributed by atoms with Gasteiger partial charge in [0.2, 0.25) is 0 Å². The van der Waals surface area contributed by atoms with Gasteiger partial charge in [-0.1, -0.05) is 18.2 Å². The van der Waals surface area contributed by atoms with E-state index >= 15 is 0 Å². The Morgan fingerprint density at radius 2 is 2.17 bits per heavy atom. The molecule has 88 valence electrons. The van der Waals surface area contributed by atoms with Crippen molar-refractivity contribution in [1.29, 1.82) is 5.26 Å². The van der Waals surface area contributed by atoms with E-state index in [9.17, 15) is 0 Å². The van der Waals surface area contributed by atoms with Crippen molar-refractivity contribution in [3.05, 3.63) is 42.0 Å². The van der Waals surface area contributed by atoms with Crippen molar-refractivity contribution in [2.45, 2.75) is 13.3 Å². The molecular weight excluding hydrogens is 224 g/mol. The summed E-state index contributed by atoms with van der Waals surface area (Å²) in [5.41, 5.74) is 4.07. The smallest absolute Gasteiger partial charge is 0.121 e. The molecule has 0 amide bonds. The minimum Gasteiger partial charge on any atom is -0.360 e. The fraction of sp³-hybridized carbons (Fsp3) is 0.143. The lowest BCUT2D eigenvalue weighted by Crippen LogP contribution is -1.83. The van der Waals surface area contributed by atoms with Gasteiger partial charge in [0.25, 0.3) is 0 Å². The molecule has 0 bridgehead atoms. The summed E-state index contributed by atoms with van der Waals surface area (Å²) in [4.78, 5) is 10.9. The Kier molecular flexibility index (Phi) is 2.38. The molecule has 3 aromatic rings. The largest absolute Gasteiger partial charge is 0.360 e. The molecule has 18 heavy (non-hydrogen) atoms. The minimum absolute atomic E-state index is 0.309. The average Bonchev–Trinajstić information content (AvgIpc) is 2.93. The maximum atomic E-state index is 8.71. The van der Waals surface area contributed by atoms with Gasteiger partial charge in [-0.2, -0.15) is 5.26 Å². The van der Waals surface area contributed by atoms with E-state index in [0.29, 0.717) is 6.42 Å². The van der Waals surface area contributed by atoms with E-state index < -0.39 is 0 Å². The van der Waals surface area contributed by atoms with Crippen molar-refractivity contribution in [2.75, 3.05) is 0 Å². The van der Waals surface area contributed by atoms with Crippen LogP contribution in [0.4, 0.5) is 0 Å². The van der Waals surface area contributed by atoms with Gasteiger partial charge in [-0.05, 0) is 13.0 Å². The van der Waals surface area contributed by atoms with E-state index in [1.807, 2.05) is 31.3 Å². The monoisotopic (exact) mass is 236 g/mol. The van der Waals surface area contributed by atoms with Crippen LogP contribution >= 0.6 is 0 Å². The molecule has 4 heteroatoms. The summed E-state index contributed by atoms with van der Waals surface area (Å²) in [5, 5.41) is 9.85. The SMILES string of the molecule is Cc1[nH]c(CC#N)nc1-c1c[nH]c2ccccc12. The van der Waals surface area contributed by atoms with Crippen LogP contribution in [0.2, 0.25) is 0 Å². The van der Waals surface area contributed by atoms with E-state index in [1.165, 1.54) is 0 Å². The molecule has 0 radical (unpaired) electrons. The lowest BCUT2D eigenvalue weighted by molar-refractivity contribution is 1.05. The normalized spacial score (nSPS) is 10.7. The summed E-state index contributed by atoms with van der Waals surface area (Å²) >= 11 is 0. The summed E-state index contributed by atoms with van der Waals surface area (Å²) < 4.78 is 0. The molecule has 2 N–H and O–H groups in total. The van der Waals surface area contributed by atoms with E-state index in [4.69, 9.17) is 5.26 Å². The molecule has 1 aromatic carbocycles. The van der Waals surface area contributed by atoms with Gasteiger partial charge in [-0.25, -0.2) is 4.98 Å². The summed E-state index contributed by atoms with van der Waals surface area (Å²) in [5.74, 6) is 0.718. The first-order valence-electron chi connectivity index (χ1n) is 5.78. The number of hydrogen-bond acceptors (Lipinski definition) is 2. The standard InChI is InChI=1S/C14H12N4/c1-9-14(18-13(17-9)6-7-15)11-8-16-12-5-3-2-4-10(11)12/h2-5,8,16H,6H2,1H3,(H,17,18). The first-order valence-corrected chi connectivity index (χ1v) is 5.78. The fourth-order valence-electron chi connectivity index (χ4n) is 2.21. The molecule has 0 saturated heterocycles. The Balaban J connectivity index is 2.17. The van der Waals surface area contributed by atoms with Gasteiger partial charge in [0.15, 0.2) is 0 Å². The number of aryl methyl sites for hydroxylation is 1. The first-order chi connectivity index (χ1) is 8.79. The van der Waals surface area contributed by atoms with Crippen LogP contribution in [0.25, 0.3) is 22.2 Å². The van der Waals surface area contributed by atoms with Crippen LogP contribution in [0, 0.1) is 18.3 Å². The van der Waals surface area contributed by atoms with Crippen LogP contribution in [0.15, 0.2) is 30.5 Å². The first kappa shape index (κ1) is 10.6. The van der Waals surface area contributed by atoms with Gasteiger partial charge in [0.05, 0.1) is 18.2 Å². The number of aromatic amines is 2. The van der Waals surface area contributed by atoms with Crippen molar-refractivity contribution < 1.29 is 0 Å². The second kappa shape index (κ2) is 4.04. The van der Waals surface area contributed by atoms with E-state index in [2.05, 4.69) is 27.1 Å². The molecule has 0 unspecified atom stereocenters. The van der Waals surface area contributed by atoms with E-state index in [0.717, 1.165) is 33.7 Å². The fourth-order valence-corrected chi connectivity index (χ4v) is 2.21. The number of nitrogens with zero attached hydrogens (tertiary/aromatic N) is 2. The van der Waals surface area contributed by atoms with Crippen LogP contribution < -0.4 is 0 Å². The number of aromatic nitrogens is 3. The number of nitrogens with one attached hydrogen (secondary N) is 2. The van der Waals surface area contributed by atoms with E-state index in [1.54, 1.807) is 0 Å². The summed E-state index contributed by atoms with van der Waals surface area (Å²) in [6.45, 7) is 1.98. The molecule has 0 saturated carbocycles. The maximum absolute atomic E-state index is 8.71. The van der Waals surface area contributed by atoms with Crippen molar-refractivity contribution in [2.24, 2.45) is 0 Å². The second-order valence-electron chi connectivity index (χ2n) is 4.24. The molecule has 0 aliphatic carbocycles. The predicted octanol–water partition coefficient (Wildman–Crippen LogP) is 2.93. The van der Waals surface area contributed by atoms with Crippen molar-refractivity contribution in [3.8, 4) is 17.3 Å². The average molecular weight is 236 g/mol. The van der Waals surface area contributed by atoms with Gasteiger partial charge in [0, 0.05) is 28.4 Å². The predicted molar refractivity (Wildman–Crippen MR) is 69.9 cm³/mol. The molecule has 0 spiro atoms. The second-order valence-corrected chi connectivity index (χ2v) is 4.24. The zero-order chi connectivity index (χ0) is 12.5. The summed E-state index contributed by atoms with van der Waals surface area (Å²) in [6.07, 6.45) is 2.27. The number of benzene rings is 1. The number of imidazole rings is 1. The molecule has 2 aromatic heterocycles. The molecule has 0 fully saturated rings. The van der Waals surface area contributed by atoms with Crippen LogP contribution in [0.5, 0.6) is 0 Å². The van der Waals surface area contributed by atoms with E-state index in [-0.39, 0.29) is 0 Å². The number of para-hydroxylation sites is 1. The third-order valence-corrected chi connectivity index (χ3v) is 3.02. The Hall–Kier alpha value is -2.54. The van der Waals surface area contributed by atoms with Crippen LogP contribution in [0.1, 0.15) is 11.5 Å². The topological polar surface area (TPSA) is 68.3 Å². The highest BCUT2D eigenvalue weighted by Gasteiger charge is 2.12. The zero-order valence-corrected chi connectivity index (χ0v) is 9.99. The zero-order valence-electron chi connectivity index (χ0n) is 9.99. The van der Waals surface area contributed by atoms with Crippen LogP contribution in [-0.2, 0) is 6.42 Å². The highest BCUT2D eigenvalue weighted by Crippen LogP contribution is 2.29. The van der Waals surface area contributed by atoms with Gasteiger partial charge < -0.3 is 9.97 Å². The molecule has 0 aliphatic rings. The van der Waals surface area contributed by atoms with Crippen molar-refractivity contribution in [1.82, 2.24) is 15.0 Å². The van der Waals surface area contributed by atoms with Crippen molar-refractivity contribution in [3.63, 3.8) is 0 Å². The minimum atomic E-state index is 0.309. The molecule has 0 aliphatic heterocycles. The highest BCUT2D eigenvalue weighted by molar-refractivity contribution is 5.95. The van der Waals surface area contributed by atoms with Gasteiger partial charge in [-0.3, -0.25) is 0 Å². The Morgan fingerprint density at radius 1 is 1.33 bits per heavy atom. The van der Waals surface area contributed by atoms with Crippen LogP contribution in [0.3, 0.4) is 0 Å². The Labute approximate surface area is 104 Å². The number of fused-ring (bicyclic) bond motifs is 1. The van der Waals surface area contributed by atoms with Gasteiger partial charge in [0.1, 0.15) is 5.82 Å². The van der Waals surface area contributed by atoms with Gasteiger partial charge in [-0.15, -0.1) is 0 Å². The lowest BCUT2D eigenvalue weighted by Gasteiger charge is -1.95. The lowest BCUT2D eigenvalue weighted by atomic mass is 10.1. The number of rotatable bonds is 2. The Morgan fingerprint density at radius 3 is 3.00 bits per heavy atom. The van der Waals surface area contributed by atoms with Crippen LogP contribution in [-0.4, -0.2) is 15.0 Å². The number of H-pyrrole nitrogens is 2. The van der Waals surface area contributed by atoms with Crippen molar-refractivity contribution >= 4 is 10.9 Å². The maximum Gasteiger partial charge on any atom is 0.121 e. The summed E-state index contributed by atoms with van der Waals surface area (Å²) in [6, 6.07) is 10.2. The molecule has 2 heterocycles. The van der Waals surface area contributed by atoms with Gasteiger partial charge >= 0.3 is 0 Å². The number of hydrogen-bond donors (Lipinski definition) is 2. The molecule has 0 atom stereocenters.